The van der Waals surface area contributed by atoms with E-state index in [0.717, 1.165) is 0 Å². The van der Waals surface area contributed by atoms with Gasteiger partial charge in [0, 0.05) is 12.1 Å². The highest BCUT2D eigenvalue weighted by molar-refractivity contribution is 5.93. The van der Waals surface area contributed by atoms with Crippen molar-refractivity contribution in [1.82, 2.24) is 15.5 Å². The lowest BCUT2D eigenvalue weighted by Crippen LogP contribution is -2.44. The lowest BCUT2D eigenvalue weighted by molar-refractivity contribution is -0.124. The molecule has 1 aromatic rings. The number of nitrogens with one attached hydrogen (secondary N) is 2. The first kappa shape index (κ1) is 19.6. The molecule has 0 heterocycles. The number of hydrogen-bond acceptors (Lipinski definition) is 5. The molecular formula is C16H22FN3O4. The summed E-state index contributed by atoms with van der Waals surface area (Å²) in [6.07, 6.45) is -0.817. The van der Waals surface area contributed by atoms with Gasteiger partial charge in [0.2, 0.25) is 11.8 Å². The first-order valence-corrected chi connectivity index (χ1v) is 7.65. The third-order valence-electron chi connectivity index (χ3n) is 3.13. The summed E-state index contributed by atoms with van der Waals surface area (Å²) < 4.78 is 18.1. The Labute approximate surface area is 140 Å². The lowest BCUT2D eigenvalue weighted by atomic mass is 10.2. The van der Waals surface area contributed by atoms with Crippen LogP contribution < -0.4 is 10.6 Å². The maximum absolute atomic E-state index is 13.5. The van der Waals surface area contributed by atoms with Crippen molar-refractivity contribution in [3.05, 3.63) is 35.6 Å². The van der Waals surface area contributed by atoms with Crippen LogP contribution in [0.5, 0.6) is 0 Å². The second-order valence-corrected chi connectivity index (χ2v) is 4.94. The summed E-state index contributed by atoms with van der Waals surface area (Å²) >= 11 is 0. The van der Waals surface area contributed by atoms with Crippen LogP contribution in [-0.2, 0) is 20.9 Å². The minimum absolute atomic E-state index is 0.0405. The zero-order valence-electron chi connectivity index (χ0n) is 13.8. The predicted octanol–water partition coefficient (Wildman–Crippen LogP) is 1.04. The summed E-state index contributed by atoms with van der Waals surface area (Å²) in [5, 5.41) is 4.66. The summed E-state index contributed by atoms with van der Waals surface area (Å²) in [4.78, 5) is 36.3. The molecule has 0 fully saturated rings. The summed E-state index contributed by atoms with van der Waals surface area (Å²) in [5.74, 6) is -1.29. The molecular weight excluding hydrogens is 317 g/mol. The fourth-order valence-electron chi connectivity index (χ4n) is 1.90. The highest BCUT2D eigenvalue weighted by atomic mass is 19.1. The lowest BCUT2D eigenvalue weighted by Gasteiger charge is -2.19. The molecule has 7 nitrogen and oxygen atoms in total. The van der Waals surface area contributed by atoms with Gasteiger partial charge >= 0.3 is 6.09 Å². The Morgan fingerprint density at radius 3 is 2.42 bits per heavy atom. The van der Waals surface area contributed by atoms with Gasteiger partial charge in [-0.1, -0.05) is 25.1 Å². The molecule has 2 N–H and O–H groups in total. The molecule has 0 aromatic heterocycles. The standard InChI is InChI=1S/C16H22FN3O4/c1-3-20(11-15(22)19-16(23)24-4-2)10-14(21)18-9-12-7-5-6-8-13(12)17/h5-8H,3-4,9-11H2,1-2H3,(H,18,21)(H,19,22,23). The van der Waals surface area contributed by atoms with Crippen molar-refractivity contribution in [2.45, 2.75) is 20.4 Å². The van der Waals surface area contributed by atoms with Crippen LogP contribution in [0.4, 0.5) is 9.18 Å². The summed E-state index contributed by atoms with van der Waals surface area (Å²) in [6.45, 7) is 3.91. The molecule has 0 spiro atoms. The molecule has 8 heteroatoms. The number of likely N-dealkylation sites (N-methyl/N-ethyl adjacent to an activating group) is 1. The van der Waals surface area contributed by atoms with Gasteiger partial charge in [0.05, 0.1) is 19.7 Å². The summed E-state index contributed by atoms with van der Waals surface area (Å²) in [5.41, 5.74) is 0.383. The van der Waals surface area contributed by atoms with Crippen molar-refractivity contribution < 1.29 is 23.5 Å². The van der Waals surface area contributed by atoms with Gasteiger partial charge in [-0.05, 0) is 19.5 Å². The average molecular weight is 339 g/mol. The molecule has 3 amide bonds. The monoisotopic (exact) mass is 339 g/mol. The van der Waals surface area contributed by atoms with Gasteiger partial charge in [0.1, 0.15) is 5.82 Å². The van der Waals surface area contributed by atoms with Crippen LogP contribution in [0.15, 0.2) is 24.3 Å². The van der Waals surface area contributed by atoms with E-state index in [2.05, 4.69) is 15.4 Å². The van der Waals surface area contributed by atoms with Crippen molar-refractivity contribution in [2.24, 2.45) is 0 Å². The van der Waals surface area contributed by atoms with E-state index in [1.807, 2.05) is 0 Å². The zero-order chi connectivity index (χ0) is 17.9. The highest BCUT2D eigenvalue weighted by Crippen LogP contribution is 2.05. The van der Waals surface area contributed by atoms with Crippen molar-refractivity contribution in [3.63, 3.8) is 0 Å². The van der Waals surface area contributed by atoms with Gasteiger partial charge in [-0.15, -0.1) is 0 Å². The molecule has 0 saturated heterocycles. The molecule has 0 unspecified atom stereocenters. The van der Waals surface area contributed by atoms with Crippen LogP contribution in [0, 0.1) is 5.82 Å². The minimum atomic E-state index is -0.817. The number of benzene rings is 1. The number of ether oxygens (including phenoxy) is 1. The van der Waals surface area contributed by atoms with Crippen molar-refractivity contribution in [1.29, 1.82) is 0 Å². The normalized spacial score (nSPS) is 10.3. The molecule has 0 atom stereocenters. The van der Waals surface area contributed by atoms with E-state index in [4.69, 9.17) is 0 Å². The van der Waals surface area contributed by atoms with Crippen molar-refractivity contribution >= 4 is 17.9 Å². The Bertz CT molecular complexity index is 580. The quantitative estimate of drug-likeness (QED) is 0.739. The van der Waals surface area contributed by atoms with Gasteiger partial charge in [0.15, 0.2) is 0 Å². The maximum atomic E-state index is 13.5. The van der Waals surface area contributed by atoms with Gasteiger partial charge in [-0.3, -0.25) is 19.8 Å². The topological polar surface area (TPSA) is 87.7 Å². The average Bonchev–Trinajstić information content (AvgIpc) is 2.53. The van der Waals surface area contributed by atoms with Crippen molar-refractivity contribution in [2.75, 3.05) is 26.2 Å². The predicted molar refractivity (Wildman–Crippen MR) is 85.5 cm³/mol. The number of halogens is 1. The Morgan fingerprint density at radius 1 is 1.12 bits per heavy atom. The number of alkyl carbamates (subject to hydrolysis) is 1. The molecule has 0 saturated carbocycles. The smallest absolute Gasteiger partial charge is 0.413 e. The molecule has 0 radical (unpaired) electrons. The minimum Gasteiger partial charge on any atom is -0.450 e. The number of carbonyl (C=O) groups excluding carboxylic acids is 3. The van der Waals surface area contributed by atoms with E-state index in [-0.39, 0.29) is 38.0 Å². The van der Waals surface area contributed by atoms with Crippen LogP contribution in [0.25, 0.3) is 0 Å². The van der Waals surface area contributed by atoms with E-state index in [1.165, 1.54) is 6.07 Å². The van der Waals surface area contributed by atoms with Crippen LogP contribution in [0.3, 0.4) is 0 Å². The van der Waals surface area contributed by atoms with Crippen molar-refractivity contribution in [3.8, 4) is 0 Å². The van der Waals surface area contributed by atoms with Crippen LogP contribution in [-0.4, -0.2) is 49.0 Å². The number of hydrogen-bond donors (Lipinski definition) is 2. The molecule has 1 rings (SSSR count). The Balaban J connectivity index is 2.41. The van der Waals surface area contributed by atoms with E-state index in [9.17, 15) is 18.8 Å². The second kappa shape index (κ2) is 10.3. The molecule has 24 heavy (non-hydrogen) atoms. The van der Waals surface area contributed by atoms with E-state index in [1.54, 1.807) is 36.9 Å². The van der Waals surface area contributed by atoms with E-state index >= 15 is 0 Å². The molecule has 0 aliphatic rings. The molecule has 0 bridgehead atoms. The van der Waals surface area contributed by atoms with Crippen LogP contribution >= 0.6 is 0 Å². The third-order valence-corrected chi connectivity index (χ3v) is 3.13. The molecule has 1 aromatic carbocycles. The summed E-state index contributed by atoms with van der Waals surface area (Å²) in [7, 11) is 0. The van der Waals surface area contributed by atoms with Crippen LogP contribution in [0.2, 0.25) is 0 Å². The first-order chi connectivity index (χ1) is 11.5. The first-order valence-electron chi connectivity index (χ1n) is 7.65. The highest BCUT2D eigenvalue weighted by Gasteiger charge is 2.15. The van der Waals surface area contributed by atoms with Gasteiger partial charge < -0.3 is 10.1 Å². The fourth-order valence-corrected chi connectivity index (χ4v) is 1.90. The SMILES string of the molecule is CCOC(=O)NC(=O)CN(CC)CC(=O)NCc1ccccc1F. The Morgan fingerprint density at radius 2 is 1.79 bits per heavy atom. The number of amides is 3. The zero-order valence-corrected chi connectivity index (χ0v) is 13.8. The second-order valence-electron chi connectivity index (χ2n) is 4.94. The van der Waals surface area contributed by atoms with E-state index in [0.29, 0.717) is 12.1 Å². The molecule has 0 aliphatic carbocycles. The largest absolute Gasteiger partial charge is 0.450 e. The summed E-state index contributed by atoms with van der Waals surface area (Å²) in [6, 6.07) is 6.16. The van der Waals surface area contributed by atoms with Gasteiger partial charge in [0.25, 0.3) is 0 Å². The molecule has 0 aliphatic heterocycles. The fraction of sp³-hybridized carbons (Fsp3) is 0.438. The maximum Gasteiger partial charge on any atom is 0.413 e. The van der Waals surface area contributed by atoms with Crippen LogP contribution in [0.1, 0.15) is 19.4 Å². The van der Waals surface area contributed by atoms with Gasteiger partial charge in [-0.2, -0.15) is 0 Å². The number of carbonyl (C=O) groups is 3. The Hall–Kier alpha value is -2.48. The third kappa shape index (κ3) is 7.19. The number of imide groups is 1. The number of rotatable bonds is 8. The number of nitrogens with zero attached hydrogens (tertiary/aromatic N) is 1. The molecule has 132 valence electrons. The van der Waals surface area contributed by atoms with Gasteiger partial charge in [-0.25, -0.2) is 9.18 Å². The Kier molecular flexibility index (Phi) is 8.42. The van der Waals surface area contributed by atoms with E-state index < -0.39 is 12.0 Å².